The maximum absolute atomic E-state index is 10.8. The van der Waals surface area contributed by atoms with Crippen molar-refractivity contribution in [3.8, 4) is 0 Å². The first kappa shape index (κ1) is 12.4. The van der Waals surface area contributed by atoms with Crippen molar-refractivity contribution < 1.29 is 14.6 Å². The van der Waals surface area contributed by atoms with Crippen molar-refractivity contribution in [2.45, 2.75) is 38.8 Å². The first-order valence-electron chi connectivity index (χ1n) is 4.47. The Bertz CT molecular complexity index is 172. The average Bonchev–Trinajstić information content (AvgIpc) is 2.13. The van der Waals surface area contributed by atoms with Crippen LogP contribution in [0.1, 0.15) is 27.2 Å². The Balaban J connectivity index is 4.05. The molecule has 0 aromatic carbocycles. The molecular formula is C9H19NO3. The molecule has 0 rings (SSSR count). The molecule has 13 heavy (non-hydrogen) atoms. The monoisotopic (exact) mass is 189 g/mol. The Kier molecular flexibility index (Phi) is 4.95. The van der Waals surface area contributed by atoms with E-state index in [4.69, 9.17) is 9.84 Å². The van der Waals surface area contributed by atoms with Crippen molar-refractivity contribution in [1.29, 1.82) is 0 Å². The van der Waals surface area contributed by atoms with Gasteiger partial charge in [-0.1, -0.05) is 6.92 Å². The van der Waals surface area contributed by atoms with Crippen molar-refractivity contribution in [3.63, 3.8) is 0 Å². The van der Waals surface area contributed by atoms with Gasteiger partial charge in [-0.15, -0.1) is 0 Å². The molecule has 0 spiro atoms. The van der Waals surface area contributed by atoms with E-state index in [1.54, 1.807) is 14.0 Å². The van der Waals surface area contributed by atoms with Gasteiger partial charge in [-0.25, -0.2) is 0 Å². The van der Waals surface area contributed by atoms with Gasteiger partial charge in [0.05, 0.1) is 6.10 Å². The van der Waals surface area contributed by atoms with Gasteiger partial charge in [0.25, 0.3) is 0 Å². The SMILES string of the molecule is CCC(C)(NCC(C)OC)C(=O)O. The summed E-state index contributed by atoms with van der Waals surface area (Å²) < 4.78 is 5.01. The van der Waals surface area contributed by atoms with Crippen LogP contribution in [-0.4, -0.2) is 36.4 Å². The molecule has 0 bridgehead atoms. The molecule has 0 heterocycles. The molecule has 78 valence electrons. The second kappa shape index (κ2) is 5.19. The van der Waals surface area contributed by atoms with Crippen LogP contribution >= 0.6 is 0 Å². The lowest BCUT2D eigenvalue weighted by Crippen LogP contribution is -2.51. The Morgan fingerprint density at radius 1 is 1.69 bits per heavy atom. The third kappa shape index (κ3) is 3.74. The summed E-state index contributed by atoms with van der Waals surface area (Å²) in [7, 11) is 1.61. The van der Waals surface area contributed by atoms with Gasteiger partial charge >= 0.3 is 5.97 Å². The number of aliphatic carboxylic acids is 1. The smallest absolute Gasteiger partial charge is 0.323 e. The summed E-state index contributed by atoms with van der Waals surface area (Å²) in [6.45, 7) is 5.97. The van der Waals surface area contributed by atoms with Crippen molar-refractivity contribution in [2.75, 3.05) is 13.7 Å². The van der Waals surface area contributed by atoms with E-state index in [1.165, 1.54) is 0 Å². The molecule has 0 aliphatic carbocycles. The summed E-state index contributed by atoms with van der Waals surface area (Å²) in [6.07, 6.45) is 0.587. The lowest BCUT2D eigenvalue weighted by Gasteiger charge is -2.26. The van der Waals surface area contributed by atoms with E-state index >= 15 is 0 Å². The molecule has 0 saturated carbocycles. The normalized spacial score (nSPS) is 17.8. The predicted molar refractivity (Wildman–Crippen MR) is 50.8 cm³/mol. The fourth-order valence-electron chi connectivity index (χ4n) is 0.804. The first-order chi connectivity index (χ1) is 5.96. The molecule has 0 aromatic heterocycles. The molecule has 0 fully saturated rings. The third-order valence-corrected chi connectivity index (χ3v) is 2.36. The number of rotatable bonds is 6. The standard InChI is InChI=1S/C9H19NO3/c1-5-9(3,8(11)12)10-6-7(2)13-4/h7,10H,5-6H2,1-4H3,(H,11,12). The third-order valence-electron chi connectivity index (χ3n) is 2.36. The molecule has 0 aliphatic rings. The summed E-state index contributed by atoms with van der Waals surface area (Å²) >= 11 is 0. The fraction of sp³-hybridized carbons (Fsp3) is 0.889. The average molecular weight is 189 g/mol. The number of carboxylic acids is 1. The predicted octanol–water partition coefficient (Wildman–Crippen LogP) is 0.864. The summed E-state index contributed by atoms with van der Waals surface area (Å²) in [5.41, 5.74) is -0.840. The van der Waals surface area contributed by atoms with Crippen LogP contribution in [0.25, 0.3) is 0 Å². The molecule has 2 unspecified atom stereocenters. The van der Waals surface area contributed by atoms with Crippen molar-refractivity contribution >= 4 is 5.97 Å². The highest BCUT2D eigenvalue weighted by Gasteiger charge is 2.30. The van der Waals surface area contributed by atoms with Crippen LogP contribution in [0.4, 0.5) is 0 Å². The van der Waals surface area contributed by atoms with Crippen molar-refractivity contribution in [3.05, 3.63) is 0 Å². The van der Waals surface area contributed by atoms with Crippen LogP contribution in [0.15, 0.2) is 0 Å². The van der Waals surface area contributed by atoms with Gasteiger partial charge < -0.3 is 9.84 Å². The Labute approximate surface area is 79.3 Å². The number of carboxylic acid groups (broad SMARTS) is 1. The molecule has 4 nitrogen and oxygen atoms in total. The van der Waals surface area contributed by atoms with Gasteiger partial charge in [0.15, 0.2) is 0 Å². The summed E-state index contributed by atoms with van der Waals surface area (Å²) in [5.74, 6) is -0.821. The molecule has 2 N–H and O–H groups in total. The van der Waals surface area contributed by atoms with E-state index in [0.29, 0.717) is 13.0 Å². The fourth-order valence-corrected chi connectivity index (χ4v) is 0.804. The van der Waals surface area contributed by atoms with Crippen LogP contribution < -0.4 is 5.32 Å². The minimum Gasteiger partial charge on any atom is -0.480 e. The van der Waals surface area contributed by atoms with E-state index in [9.17, 15) is 4.79 Å². The van der Waals surface area contributed by atoms with E-state index in [2.05, 4.69) is 5.32 Å². The zero-order valence-electron chi connectivity index (χ0n) is 8.76. The zero-order valence-corrected chi connectivity index (χ0v) is 8.76. The van der Waals surface area contributed by atoms with Gasteiger partial charge in [0.1, 0.15) is 5.54 Å². The molecule has 0 aromatic rings. The number of nitrogens with one attached hydrogen (secondary N) is 1. The van der Waals surface area contributed by atoms with Crippen LogP contribution in [0.2, 0.25) is 0 Å². The highest BCUT2D eigenvalue weighted by Crippen LogP contribution is 2.09. The van der Waals surface area contributed by atoms with Gasteiger partial charge in [-0.2, -0.15) is 0 Å². The highest BCUT2D eigenvalue weighted by molar-refractivity contribution is 5.78. The first-order valence-corrected chi connectivity index (χ1v) is 4.47. The quantitative estimate of drug-likeness (QED) is 0.650. The number of ether oxygens (including phenoxy) is 1. The highest BCUT2D eigenvalue weighted by atomic mass is 16.5. The van der Waals surface area contributed by atoms with E-state index in [1.807, 2.05) is 13.8 Å². The second-order valence-electron chi connectivity index (χ2n) is 3.42. The van der Waals surface area contributed by atoms with E-state index < -0.39 is 11.5 Å². The molecule has 0 aliphatic heterocycles. The van der Waals surface area contributed by atoms with E-state index in [-0.39, 0.29) is 6.10 Å². The number of carbonyl (C=O) groups is 1. The van der Waals surface area contributed by atoms with Crippen LogP contribution in [0.3, 0.4) is 0 Å². The number of hydrogen-bond donors (Lipinski definition) is 2. The molecule has 0 saturated heterocycles. The Morgan fingerprint density at radius 2 is 2.23 bits per heavy atom. The molecular weight excluding hydrogens is 170 g/mol. The topological polar surface area (TPSA) is 58.6 Å². The Morgan fingerprint density at radius 3 is 2.54 bits per heavy atom. The van der Waals surface area contributed by atoms with Gasteiger partial charge in [-0.3, -0.25) is 10.1 Å². The van der Waals surface area contributed by atoms with Gasteiger partial charge in [0, 0.05) is 13.7 Å². The molecule has 0 radical (unpaired) electrons. The molecule has 0 amide bonds. The lowest BCUT2D eigenvalue weighted by molar-refractivity contribution is -0.144. The van der Waals surface area contributed by atoms with Crippen molar-refractivity contribution in [1.82, 2.24) is 5.32 Å². The maximum atomic E-state index is 10.8. The van der Waals surface area contributed by atoms with Gasteiger partial charge in [0.2, 0.25) is 0 Å². The zero-order chi connectivity index (χ0) is 10.5. The molecule has 4 heteroatoms. The molecule has 2 atom stereocenters. The summed E-state index contributed by atoms with van der Waals surface area (Å²) in [6, 6.07) is 0. The summed E-state index contributed by atoms with van der Waals surface area (Å²) in [4.78, 5) is 10.8. The second-order valence-corrected chi connectivity index (χ2v) is 3.42. The maximum Gasteiger partial charge on any atom is 0.323 e. The summed E-state index contributed by atoms with van der Waals surface area (Å²) in [5, 5.41) is 11.9. The lowest BCUT2D eigenvalue weighted by atomic mass is 9.99. The largest absolute Gasteiger partial charge is 0.480 e. The van der Waals surface area contributed by atoms with E-state index in [0.717, 1.165) is 0 Å². The van der Waals surface area contributed by atoms with Crippen molar-refractivity contribution in [2.24, 2.45) is 0 Å². The van der Waals surface area contributed by atoms with Crippen LogP contribution in [0.5, 0.6) is 0 Å². The minimum atomic E-state index is -0.840. The van der Waals surface area contributed by atoms with Crippen LogP contribution in [0, 0.1) is 0 Å². The number of hydrogen-bond acceptors (Lipinski definition) is 3. The van der Waals surface area contributed by atoms with Crippen LogP contribution in [-0.2, 0) is 9.53 Å². The Hall–Kier alpha value is -0.610. The number of methoxy groups -OCH3 is 1. The minimum absolute atomic E-state index is 0.0326. The van der Waals surface area contributed by atoms with Gasteiger partial charge in [-0.05, 0) is 20.3 Å².